The molecule has 0 spiro atoms. The first-order valence-electron chi connectivity index (χ1n) is 14.6. The standard InChI is InChI=1S/C30H59NO2/c1-4-5-6-7-8-9-10-11-12-13-14-15-16-17-18-19-20-21-22-23-24-25-26-27-30(32)33-29-28-31(2)3/h19-20H,4-18,21-29H2,1-3H3. The first-order valence-corrected chi connectivity index (χ1v) is 14.6. The van der Waals surface area contributed by atoms with Crippen molar-refractivity contribution >= 4 is 5.97 Å². The molecular weight excluding hydrogens is 406 g/mol. The Labute approximate surface area is 208 Å². The van der Waals surface area contributed by atoms with Crippen molar-refractivity contribution in [3.63, 3.8) is 0 Å². The molecule has 0 aliphatic heterocycles. The Morgan fingerprint density at radius 3 is 1.42 bits per heavy atom. The van der Waals surface area contributed by atoms with Crippen LogP contribution >= 0.6 is 0 Å². The third-order valence-corrected chi connectivity index (χ3v) is 6.44. The van der Waals surface area contributed by atoms with Crippen LogP contribution in [0, 0.1) is 0 Å². The number of rotatable bonds is 26. The third kappa shape index (κ3) is 29.1. The van der Waals surface area contributed by atoms with E-state index in [1.807, 2.05) is 19.0 Å². The van der Waals surface area contributed by atoms with Crippen LogP contribution in [-0.4, -0.2) is 38.1 Å². The number of esters is 1. The fourth-order valence-electron chi connectivity index (χ4n) is 4.17. The zero-order chi connectivity index (χ0) is 24.2. The molecule has 0 saturated carbocycles. The topological polar surface area (TPSA) is 29.5 Å². The van der Waals surface area contributed by atoms with Gasteiger partial charge in [0.1, 0.15) is 6.61 Å². The highest BCUT2D eigenvalue weighted by molar-refractivity contribution is 5.69. The van der Waals surface area contributed by atoms with E-state index in [0.717, 1.165) is 19.4 Å². The van der Waals surface area contributed by atoms with Crippen LogP contribution in [0.5, 0.6) is 0 Å². The average Bonchev–Trinajstić information content (AvgIpc) is 2.79. The maximum absolute atomic E-state index is 11.6. The largest absolute Gasteiger partial charge is 0.464 e. The van der Waals surface area contributed by atoms with Crippen LogP contribution in [-0.2, 0) is 9.53 Å². The summed E-state index contributed by atoms with van der Waals surface area (Å²) >= 11 is 0. The average molecular weight is 466 g/mol. The van der Waals surface area contributed by atoms with Crippen LogP contribution < -0.4 is 0 Å². The molecule has 3 heteroatoms. The number of allylic oxidation sites excluding steroid dienone is 2. The molecule has 196 valence electrons. The second-order valence-corrected chi connectivity index (χ2v) is 10.2. The lowest BCUT2D eigenvalue weighted by Gasteiger charge is -2.09. The predicted octanol–water partition coefficient (Wildman–Crippen LogP) is 9.25. The Hall–Kier alpha value is -0.830. The van der Waals surface area contributed by atoms with Gasteiger partial charge in [-0.25, -0.2) is 0 Å². The quantitative estimate of drug-likeness (QED) is 0.0724. The van der Waals surface area contributed by atoms with E-state index in [9.17, 15) is 4.79 Å². The summed E-state index contributed by atoms with van der Waals surface area (Å²) in [5.74, 6) is -0.0386. The van der Waals surface area contributed by atoms with Gasteiger partial charge in [0.15, 0.2) is 0 Å². The van der Waals surface area contributed by atoms with Crippen LogP contribution in [0.2, 0.25) is 0 Å². The van der Waals surface area contributed by atoms with Crippen molar-refractivity contribution in [2.75, 3.05) is 27.2 Å². The monoisotopic (exact) mass is 465 g/mol. The minimum absolute atomic E-state index is 0.0386. The van der Waals surface area contributed by atoms with Gasteiger partial charge in [-0.1, -0.05) is 122 Å². The zero-order valence-electron chi connectivity index (χ0n) is 22.9. The van der Waals surface area contributed by atoms with Crippen molar-refractivity contribution in [1.29, 1.82) is 0 Å². The first kappa shape index (κ1) is 32.2. The normalized spacial score (nSPS) is 11.6. The Kier molecular flexibility index (Phi) is 26.7. The second kappa shape index (κ2) is 27.4. The highest BCUT2D eigenvalue weighted by Crippen LogP contribution is 2.14. The summed E-state index contributed by atoms with van der Waals surface area (Å²) in [6.07, 6.45) is 33.8. The first-order chi connectivity index (χ1) is 16.2. The third-order valence-electron chi connectivity index (χ3n) is 6.44. The van der Waals surface area contributed by atoms with Crippen LogP contribution in [0.3, 0.4) is 0 Å². The minimum atomic E-state index is -0.0386. The Morgan fingerprint density at radius 1 is 0.606 bits per heavy atom. The van der Waals surface area contributed by atoms with Crippen molar-refractivity contribution in [1.82, 2.24) is 4.90 Å². The molecule has 0 aromatic rings. The summed E-state index contributed by atoms with van der Waals surface area (Å²) in [6, 6.07) is 0. The molecule has 0 bridgehead atoms. The number of carbonyl (C=O) groups excluding carboxylic acids is 1. The number of hydrogen-bond donors (Lipinski definition) is 0. The molecule has 0 atom stereocenters. The maximum atomic E-state index is 11.6. The molecule has 0 aliphatic rings. The molecule has 0 amide bonds. The van der Waals surface area contributed by atoms with E-state index in [1.54, 1.807) is 0 Å². The van der Waals surface area contributed by atoms with Gasteiger partial charge in [0.05, 0.1) is 0 Å². The van der Waals surface area contributed by atoms with Gasteiger partial charge in [-0.15, -0.1) is 0 Å². The smallest absolute Gasteiger partial charge is 0.305 e. The van der Waals surface area contributed by atoms with E-state index in [-0.39, 0.29) is 5.97 Å². The van der Waals surface area contributed by atoms with Gasteiger partial charge < -0.3 is 9.64 Å². The van der Waals surface area contributed by atoms with Gasteiger partial charge in [-0.3, -0.25) is 4.79 Å². The molecule has 0 aromatic heterocycles. The van der Waals surface area contributed by atoms with E-state index in [2.05, 4.69) is 19.1 Å². The van der Waals surface area contributed by atoms with E-state index in [1.165, 1.54) is 122 Å². The number of unbranched alkanes of at least 4 members (excludes halogenated alkanes) is 19. The number of nitrogens with zero attached hydrogens (tertiary/aromatic N) is 1. The van der Waals surface area contributed by atoms with Gasteiger partial charge in [0, 0.05) is 13.0 Å². The van der Waals surface area contributed by atoms with Crippen LogP contribution in [0.15, 0.2) is 12.2 Å². The van der Waals surface area contributed by atoms with Gasteiger partial charge in [0.2, 0.25) is 0 Å². The molecule has 3 nitrogen and oxygen atoms in total. The van der Waals surface area contributed by atoms with E-state index in [0.29, 0.717) is 13.0 Å². The van der Waals surface area contributed by atoms with Gasteiger partial charge in [-0.05, 0) is 46.2 Å². The number of hydrogen-bond acceptors (Lipinski definition) is 3. The molecule has 0 rings (SSSR count). The molecule has 0 radical (unpaired) electrons. The van der Waals surface area contributed by atoms with Crippen molar-refractivity contribution in [2.24, 2.45) is 0 Å². The molecule has 0 saturated heterocycles. The Balaban J connectivity index is 3.16. The highest BCUT2D eigenvalue weighted by Gasteiger charge is 2.02. The molecule has 0 aromatic carbocycles. The van der Waals surface area contributed by atoms with Crippen molar-refractivity contribution < 1.29 is 9.53 Å². The zero-order valence-corrected chi connectivity index (χ0v) is 22.9. The fraction of sp³-hybridized carbons (Fsp3) is 0.900. The summed E-state index contributed by atoms with van der Waals surface area (Å²) in [5.41, 5.74) is 0. The van der Waals surface area contributed by atoms with Crippen molar-refractivity contribution in [2.45, 2.75) is 148 Å². The summed E-state index contributed by atoms with van der Waals surface area (Å²) in [5, 5.41) is 0. The van der Waals surface area contributed by atoms with Crippen LogP contribution in [0.25, 0.3) is 0 Å². The number of carbonyl (C=O) groups is 1. The molecule has 0 heterocycles. The SMILES string of the molecule is CCCCCCCCCCCCCCCCC=CCCCCCCCC(=O)OCCN(C)C. The summed E-state index contributed by atoms with van der Waals surface area (Å²) in [4.78, 5) is 13.6. The van der Waals surface area contributed by atoms with E-state index >= 15 is 0 Å². The van der Waals surface area contributed by atoms with Gasteiger partial charge in [-0.2, -0.15) is 0 Å². The molecule has 33 heavy (non-hydrogen) atoms. The van der Waals surface area contributed by atoms with Crippen LogP contribution in [0.1, 0.15) is 148 Å². The lowest BCUT2D eigenvalue weighted by molar-refractivity contribution is -0.144. The molecule has 0 unspecified atom stereocenters. The summed E-state index contributed by atoms with van der Waals surface area (Å²) < 4.78 is 5.21. The molecule has 0 aliphatic carbocycles. The van der Waals surface area contributed by atoms with Gasteiger partial charge >= 0.3 is 5.97 Å². The predicted molar refractivity (Wildman–Crippen MR) is 146 cm³/mol. The lowest BCUT2D eigenvalue weighted by Crippen LogP contribution is -2.20. The highest BCUT2D eigenvalue weighted by atomic mass is 16.5. The lowest BCUT2D eigenvalue weighted by atomic mass is 10.0. The summed E-state index contributed by atoms with van der Waals surface area (Å²) in [7, 11) is 3.98. The minimum Gasteiger partial charge on any atom is -0.464 e. The van der Waals surface area contributed by atoms with E-state index in [4.69, 9.17) is 4.74 Å². The summed E-state index contributed by atoms with van der Waals surface area (Å²) in [6.45, 7) is 3.61. The molecular formula is C30H59NO2. The molecule has 0 fully saturated rings. The Morgan fingerprint density at radius 2 is 1.00 bits per heavy atom. The fourth-order valence-corrected chi connectivity index (χ4v) is 4.17. The second-order valence-electron chi connectivity index (χ2n) is 10.2. The van der Waals surface area contributed by atoms with Crippen molar-refractivity contribution in [3.05, 3.63) is 12.2 Å². The van der Waals surface area contributed by atoms with Crippen LogP contribution in [0.4, 0.5) is 0 Å². The number of likely N-dealkylation sites (N-methyl/N-ethyl adjacent to an activating group) is 1. The van der Waals surface area contributed by atoms with Crippen molar-refractivity contribution in [3.8, 4) is 0 Å². The van der Waals surface area contributed by atoms with E-state index < -0.39 is 0 Å². The Bertz CT molecular complexity index is 420. The van der Waals surface area contributed by atoms with Gasteiger partial charge in [0.25, 0.3) is 0 Å². The maximum Gasteiger partial charge on any atom is 0.305 e. The number of ether oxygens (including phenoxy) is 1. The molecule has 0 N–H and O–H groups in total.